The van der Waals surface area contributed by atoms with Crippen molar-refractivity contribution < 1.29 is 37.4 Å². The van der Waals surface area contributed by atoms with Gasteiger partial charge in [0.1, 0.15) is 11.9 Å². The van der Waals surface area contributed by atoms with E-state index >= 15 is 0 Å². The summed E-state index contributed by atoms with van der Waals surface area (Å²) in [4.78, 5) is 41.6. The number of nitrogens with zero attached hydrogens (tertiary/aromatic N) is 2. The molecule has 2 aromatic carbocycles. The van der Waals surface area contributed by atoms with Crippen LogP contribution in [0.2, 0.25) is 0 Å². The lowest BCUT2D eigenvalue weighted by atomic mass is 10.0. The fourth-order valence-electron chi connectivity index (χ4n) is 4.47. The van der Waals surface area contributed by atoms with Crippen LogP contribution in [0.3, 0.4) is 0 Å². The average Bonchev–Trinajstić information content (AvgIpc) is 2.95. The number of amides is 5. The first-order valence-electron chi connectivity index (χ1n) is 13.6. The maximum absolute atomic E-state index is 13.4. The molecular formula is C29H38F3N5O5. The summed E-state index contributed by atoms with van der Waals surface area (Å²) in [5.74, 6) is -0.0493. The molecule has 0 unspecified atom stereocenters. The number of carbonyl (C=O) groups is 3. The van der Waals surface area contributed by atoms with Gasteiger partial charge in [-0.2, -0.15) is 13.2 Å². The van der Waals surface area contributed by atoms with Crippen molar-refractivity contribution in [2.45, 2.75) is 58.5 Å². The number of rotatable bonds is 7. The minimum atomic E-state index is -4.49. The number of urea groups is 2. The smallest absolute Gasteiger partial charge is 0.416 e. The Balaban J connectivity index is 1.84. The third kappa shape index (κ3) is 8.75. The summed E-state index contributed by atoms with van der Waals surface area (Å²) < 4.78 is 44.8. The number of hydrogen-bond donors (Lipinski definition) is 4. The zero-order valence-electron chi connectivity index (χ0n) is 24.3. The number of aliphatic hydroxyl groups is 1. The van der Waals surface area contributed by atoms with Crippen LogP contribution in [0.25, 0.3) is 0 Å². The van der Waals surface area contributed by atoms with Crippen molar-refractivity contribution in [2.24, 2.45) is 5.92 Å². The van der Waals surface area contributed by atoms with E-state index in [2.05, 4.69) is 16.0 Å². The van der Waals surface area contributed by atoms with E-state index in [0.717, 1.165) is 24.3 Å². The van der Waals surface area contributed by atoms with Crippen LogP contribution in [-0.2, 0) is 17.4 Å². The Labute approximate surface area is 243 Å². The molecule has 3 rings (SSSR count). The summed E-state index contributed by atoms with van der Waals surface area (Å²) in [6, 6.07) is 7.35. The number of nitrogens with one attached hydrogen (secondary N) is 3. The van der Waals surface area contributed by atoms with Gasteiger partial charge >= 0.3 is 18.2 Å². The second kappa shape index (κ2) is 13.8. The van der Waals surface area contributed by atoms with Crippen molar-refractivity contribution in [3.05, 3.63) is 53.6 Å². The molecule has 1 aliphatic heterocycles. The summed E-state index contributed by atoms with van der Waals surface area (Å²) in [6.07, 6.45) is -5.07. The molecule has 10 nitrogen and oxygen atoms in total. The van der Waals surface area contributed by atoms with Crippen molar-refractivity contribution in [1.82, 2.24) is 15.1 Å². The molecule has 13 heteroatoms. The van der Waals surface area contributed by atoms with Gasteiger partial charge in [-0.05, 0) is 63.2 Å². The zero-order chi connectivity index (χ0) is 31.2. The van der Waals surface area contributed by atoms with Crippen LogP contribution in [0.1, 0.15) is 38.8 Å². The Morgan fingerprint density at radius 1 is 1.10 bits per heavy atom. The average molecular weight is 594 g/mol. The third-order valence-corrected chi connectivity index (χ3v) is 6.86. The van der Waals surface area contributed by atoms with Crippen molar-refractivity contribution in [2.75, 3.05) is 37.4 Å². The highest BCUT2D eigenvalue weighted by Crippen LogP contribution is 2.31. The molecule has 5 amide bonds. The molecule has 0 saturated carbocycles. The Morgan fingerprint density at radius 3 is 2.31 bits per heavy atom. The van der Waals surface area contributed by atoms with Gasteiger partial charge in [-0.1, -0.05) is 6.92 Å². The number of carbonyl (C=O) groups excluding carboxylic acids is 3. The summed E-state index contributed by atoms with van der Waals surface area (Å²) in [6.45, 7) is 7.65. The molecule has 0 saturated heterocycles. The molecule has 0 spiro atoms. The quantitative estimate of drug-likeness (QED) is 0.375. The van der Waals surface area contributed by atoms with Gasteiger partial charge in [-0.15, -0.1) is 0 Å². The number of ether oxygens (including phenoxy) is 1. The topological polar surface area (TPSA) is 123 Å². The second-order valence-electron chi connectivity index (χ2n) is 10.8. The van der Waals surface area contributed by atoms with Gasteiger partial charge in [0.05, 0.1) is 31.2 Å². The number of likely N-dealkylation sites (N-methyl/N-ethyl adjacent to an activating group) is 1. The highest BCUT2D eigenvalue weighted by molar-refractivity contribution is 6.00. The molecule has 0 aliphatic carbocycles. The highest BCUT2D eigenvalue weighted by atomic mass is 19.4. The van der Waals surface area contributed by atoms with Crippen molar-refractivity contribution in [1.29, 1.82) is 0 Å². The second-order valence-corrected chi connectivity index (χ2v) is 10.8. The van der Waals surface area contributed by atoms with E-state index in [4.69, 9.17) is 4.74 Å². The molecule has 2 aromatic rings. The summed E-state index contributed by atoms with van der Waals surface area (Å²) >= 11 is 0. The maximum Gasteiger partial charge on any atom is 0.416 e. The van der Waals surface area contributed by atoms with E-state index in [1.165, 1.54) is 4.90 Å². The molecule has 0 aromatic heterocycles. The lowest BCUT2D eigenvalue weighted by molar-refractivity contribution is -0.137. The number of alkyl halides is 3. The molecule has 42 heavy (non-hydrogen) atoms. The van der Waals surface area contributed by atoms with Gasteiger partial charge in [0, 0.05) is 42.5 Å². The number of anilines is 2. The Hall–Kier alpha value is -4.00. The standard InChI is InChI=1S/C29H38F3N5O5/c1-17(2)33-28(41)36(5)15-25-18(3)14-37(19(4)16-38)26(39)13-20-12-23(10-11-24(20)42-25)35-27(40)34-22-8-6-21(7-9-22)29(30,31)32/h6-12,17-19,25,38H,13-16H2,1-5H3,(H,33,41)(H2,34,35,40)/t18-,19+,25-/m1/s1. The molecule has 3 atom stereocenters. The highest BCUT2D eigenvalue weighted by Gasteiger charge is 2.32. The van der Waals surface area contributed by atoms with Crippen molar-refractivity contribution in [3.8, 4) is 5.75 Å². The molecule has 0 fully saturated rings. The fraction of sp³-hybridized carbons (Fsp3) is 0.483. The molecule has 0 bridgehead atoms. The Morgan fingerprint density at radius 2 is 1.71 bits per heavy atom. The van der Waals surface area contributed by atoms with E-state index in [9.17, 15) is 32.7 Å². The molecular weight excluding hydrogens is 555 g/mol. The Bertz CT molecular complexity index is 1260. The largest absolute Gasteiger partial charge is 0.488 e. The Kier molecular flexibility index (Phi) is 10.7. The number of benzene rings is 2. The van der Waals surface area contributed by atoms with Crippen LogP contribution in [0.15, 0.2) is 42.5 Å². The van der Waals surface area contributed by atoms with Gasteiger partial charge in [0.2, 0.25) is 5.91 Å². The lowest BCUT2D eigenvalue weighted by Gasteiger charge is -2.34. The van der Waals surface area contributed by atoms with E-state index < -0.39 is 29.9 Å². The number of hydrogen-bond acceptors (Lipinski definition) is 5. The molecule has 1 aliphatic rings. The third-order valence-electron chi connectivity index (χ3n) is 6.86. The van der Waals surface area contributed by atoms with E-state index in [-0.39, 0.29) is 49.2 Å². The SMILES string of the molecule is CC(C)NC(=O)N(C)C[C@H]1Oc2ccc(NC(=O)Nc3ccc(C(F)(F)F)cc3)cc2CC(=O)N([C@@H](C)CO)C[C@H]1C. The van der Waals surface area contributed by atoms with Crippen molar-refractivity contribution in [3.63, 3.8) is 0 Å². The maximum atomic E-state index is 13.4. The van der Waals surface area contributed by atoms with Crippen LogP contribution in [0.5, 0.6) is 5.75 Å². The normalized spacial score (nSPS) is 18.1. The lowest BCUT2D eigenvalue weighted by Crippen LogP contribution is -2.49. The van der Waals surface area contributed by atoms with Crippen LogP contribution in [-0.4, -0.2) is 77.8 Å². The van der Waals surface area contributed by atoms with Gasteiger partial charge < -0.3 is 35.6 Å². The van der Waals surface area contributed by atoms with E-state index in [1.807, 2.05) is 20.8 Å². The van der Waals surface area contributed by atoms with Gasteiger partial charge in [-0.25, -0.2) is 9.59 Å². The van der Waals surface area contributed by atoms with Crippen LogP contribution in [0.4, 0.5) is 34.1 Å². The first-order valence-corrected chi connectivity index (χ1v) is 13.6. The van der Waals surface area contributed by atoms with Gasteiger partial charge in [0.25, 0.3) is 0 Å². The van der Waals surface area contributed by atoms with Crippen LogP contribution < -0.4 is 20.7 Å². The summed E-state index contributed by atoms with van der Waals surface area (Å²) in [7, 11) is 1.66. The van der Waals surface area contributed by atoms with Gasteiger partial charge in [0.15, 0.2) is 0 Å². The predicted octanol–water partition coefficient (Wildman–Crippen LogP) is 4.55. The summed E-state index contributed by atoms with van der Waals surface area (Å²) in [5.41, 5.74) is 0.141. The monoisotopic (exact) mass is 593 g/mol. The predicted molar refractivity (Wildman–Crippen MR) is 152 cm³/mol. The molecule has 0 radical (unpaired) electrons. The van der Waals surface area contributed by atoms with E-state index in [0.29, 0.717) is 23.5 Å². The number of halogens is 3. The molecule has 4 N–H and O–H groups in total. The minimum Gasteiger partial charge on any atom is -0.488 e. The fourth-order valence-corrected chi connectivity index (χ4v) is 4.47. The van der Waals surface area contributed by atoms with Crippen LogP contribution >= 0.6 is 0 Å². The van der Waals surface area contributed by atoms with E-state index in [1.54, 1.807) is 37.1 Å². The zero-order valence-corrected chi connectivity index (χ0v) is 24.3. The number of aliphatic hydroxyl groups excluding tert-OH is 1. The first kappa shape index (κ1) is 32.5. The minimum absolute atomic E-state index is 0.0551. The number of fused-ring (bicyclic) bond motifs is 1. The van der Waals surface area contributed by atoms with Gasteiger partial charge in [-0.3, -0.25) is 4.79 Å². The summed E-state index contributed by atoms with van der Waals surface area (Å²) in [5, 5.41) is 17.8. The van der Waals surface area contributed by atoms with Crippen molar-refractivity contribution >= 4 is 29.3 Å². The first-order chi connectivity index (χ1) is 19.7. The van der Waals surface area contributed by atoms with Crippen LogP contribution in [0, 0.1) is 5.92 Å². The molecule has 230 valence electrons. The molecule has 1 heterocycles.